The highest BCUT2D eigenvalue weighted by Gasteiger charge is 2.08. The van der Waals surface area contributed by atoms with Crippen molar-refractivity contribution in [2.24, 2.45) is 0 Å². The van der Waals surface area contributed by atoms with Crippen molar-refractivity contribution in [1.29, 1.82) is 0 Å². The van der Waals surface area contributed by atoms with Crippen LogP contribution in [0.2, 0.25) is 0 Å². The predicted octanol–water partition coefficient (Wildman–Crippen LogP) is 4.45. The molecule has 0 spiro atoms. The molecule has 0 aliphatic heterocycles. The van der Waals surface area contributed by atoms with Crippen LogP contribution in [0.15, 0.2) is 34.7 Å². The Hall–Kier alpha value is -1.18. The zero-order chi connectivity index (χ0) is 16.5. The lowest BCUT2D eigenvalue weighted by Gasteiger charge is -2.03. The summed E-state index contributed by atoms with van der Waals surface area (Å²) in [6.45, 7) is 2.94. The molecule has 4 nitrogen and oxygen atoms in total. The van der Waals surface area contributed by atoms with Crippen molar-refractivity contribution in [1.82, 2.24) is 15.1 Å². The summed E-state index contributed by atoms with van der Waals surface area (Å²) in [5.74, 6) is 0.434. The molecule has 0 radical (unpaired) electrons. The largest absolute Gasteiger partial charge is 0.355 e. The van der Waals surface area contributed by atoms with Gasteiger partial charge in [-0.15, -0.1) is 5.10 Å². The third-order valence-electron chi connectivity index (χ3n) is 3.21. The van der Waals surface area contributed by atoms with E-state index in [0.29, 0.717) is 9.71 Å². The standard InChI is InChI=1S/C16H21N3OS3/c1-2-3-4-8-11-17-14(20)12-22-15-18-19(16(21)23-15)13-9-6-5-7-10-13/h5-7,9-10H,2-4,8,11-12H2,1H3,(H,17,20). The molecule has 0 unspecified atom stereocenters. The molecule has 1 aromatic carbocycles. The minimum Gasteiger partial charge on any atom is -0.355 e. The molecule has 124 valence electrons. The Bertz CT molecular complexity index is 667. The third-order valence-corrected chi connectivity index (χ3v) is 5.57. The van der Waals surface area contributed by atoms with Gasteiger partial charge in [0.1, 0.15) is 0 Å². The molecule has 0 aliphatic carbocycles. The SMILES string of the molecule is CCCCCCNC(=O)CSc1nn(-c2ccccc2)c(=S)s1. The third kappa shape index (κ3) is 6.08. The maximum absolute atomic E-state index is 11.8. The van der Waals surface area contributed by atoms with Crippen molar-refractivity contribution in [3.8, 4) is 5.69 Å². The van der Waals surface area contributed by atoms with E-state index < -0.39 is 0 Å². The number of nitrogens with one attached hydrogen (secondary N) is 1. The van der Waals surface area contributed by atoms with Gasteiger partial charge in [-0.1, -0.05) is 67.5 Å². The molecule has 1 N–H and O–H groups in total. The number of carbonyl (C=O) groups is 1. The first-order chi connectivity index (χ1) is 11.2. The molecule has 23 heavy (non-hydrogen) atoms. The minimum atomic E-state index is 0.0545. The van der Waals surface area contributed by atoms with Gasteiger partial charge in [-0.25, -0.2) is 4.68 Å². The van der Waals surface area contributed by atoms with Gasteiger partial charge in [-0.3, -0.25) is 4.79 Å². The molecule has 0 atom stereocenters. The highest BCUT2D eigenvalue weighted by Crippen LogP contribution is 2.23. The molecule has 1 aromatic heterocycles. The first kappa shape index (κ1) is 18.2. The van der Waals surface area contributed by atoms with Crippen LogP contribution in [0, 0.1) is 3.95 Å². The quantitative estimate of drug-likeness (QED) is 0.404. The van der Waals surface area contributed by atoms with E-state index >= 15 is 0 Å². The molecular formula is C16H21N3OS3. The van der Waals surface area contributed by atoms with Gasteiger partial charge in [0.2, 0.25) is 5.91 Å². The van der Waals surface area contributed by atoms with E-state index in [2.05, 4.69) is 17.3 Å². The second-order valence-electron chi connectivity index (χ2n) is 5.08. The van der Waals surface area contributed by atoms with Crippen LogP contribution in [-0.2, 0) is 4.79 Å². The maximum Gasteiger partial charge on any atom is 0.230 e. The number of rotatable bonds is 9. The Labute approximate surface area is 150 Å². The lowest BCUT2D eigenvalue weighted by Crippen LogP contribution is -2.26. The number of nitrogens with zero attached hydrogens (tertiary/aromatic N) is 2. The number of para-hydroxylation sites is 1. The van der Waals surface area contributed by atoms with Crippen LogP contribution in [0.1, 0.15) is 32.6 Å². The van der Waals surface area contributed by atoms with Gasteiger partial charge in [0.05, 0.1) is 11.4 Å². The molecule has 1 amide bonds. The number of hydrogen-bond donors (Lipinski definition) is 1. The molecule has 2 aromatic rings. The van der Waals surface area contributed by atoms with Crippen LogP contribution in [0.3, 0.4) is 0 Å². The highest BCUT2D eigenvalue weighted by molar-refractivity contribution is 8.01. The lowest BCUT2D eigenvalue weighted by atomic mass is 10.2. The van der Waals surface area contributed by atoms with Crippen molar-refractivity contribution < 1.29 is 4.79 Å². The van der Waals surface area contributed by atoms with Crippen LogP contribution in [0.5, 0.6) is 0 Å². The summed E-state index contributed by atoms with van der Waals surface area (Å²) in [4.78, 5) is 11.8. The second-order valence-corrected chi connectivity index (χ2v) is 7.93. The molecular weight excluding hydrogens is 346 g/mol. The van der Waals surface area contributed by atoms with Crippen molar-refractivity contribution in [2.45, 2.75) is 36.9 Å². The summed E-state index contributed by atoms with van der Waals surface area (Å²) in [6, 6.07) is 9.80. The Balaban J connectivity index is 1.80. The van der Waals surface area contributed by atoms with Crippen molar-refractivity contribution in [3.05, 3.63) is 34.3 Å². The number of hydrogen-bond acceptors (Lipinski definition) is 5. The Morgan fingerprint density at radius 1 is 1.30 bits per heavy atom. The average Bonchev–Trinajstić information content (AvgIpc) is 2.94. The van der Waals surface area contributed by atoms with Crippen LogP contribution in [-0.4, -0.2) is 28.0 Å². The number of unbranched alkanes of at least 4 members (excludes halogenated alkanes) is 3. The van der Waals surface area contributed by atoms with Gasteiger partial charge in [0.25, 0.3) is 0 Å². The van der Waals surface area contributed by atoms with Crippen LogP contribution in [0.25, 0.3) is 5.69 Å². The highest BCUT2D eigenvalue weighted by atomic mass is 32.2. The topological polar surface area (TPSA) is 46.9 Å². The number of benzene rings is 1. The monoisotopic (exact) mass is 367 g/mol. The van der Waals surface area contributed by atoms with E-state index in [1.165, 1.54) is 42.4 Å². The molecule has 7 heteroatoms. The Morgan fingerprint density at radius 2 is 2.09 bits per heavy atom. The summed E-state index contributed by atoms with van der Waals surface area (Å²) < 4.78 is 3.25. The van der Waals surface area contributed by atoms with Crippen molar-refractivity contribution >= 4 is 41.2 Å². The molecule has 0 fully saturated rings. The smallest absolute Gasteiger partial charge is 0.230 e. The second kappa shape index (κ2) is 9.85. The van der Waals surface area contributed by atoms with Gasteiger partial charge < -0.3 is 5.32 Å². The van der Waals surface area contributed by atoms with Crippen LogP contribution in [0.4, 0.5) is 0 Å². The van der Waals surface area contributed by atoms with Crippen LogP contribution < -0.4 is 5.32 Å². The molecule has 0 saturated heterocycles. The molecule has 0 aliphatic rings. The van der Waals surface area contributed by atoms with Gasteiger partial charge >= 0.3 is 0 Å². The van der Waals surface area contributed by atoms with Crippen molar-refractivity contribution in [2.75, 3.05) is 12.3 Å². The number of carbonyl (C=O) groups excluding carboxylic acids is 1. The van der Waals surface area contributed by atoms with Gasteiger partial charge in [0.15, 0.2) is 8.29 Å². The number of aromatic nitrogens is 2. The summed E-state index contributed by atoms with van der Waals surface area (Å²) in [6.07, 6.45) is 4.65. The maximum atomic E-state index is 11.8. The normalized spacial score (nSPS) is 10.7. The van der Waals surface area contributed by atoms with E-state index in [0.717, 1.165) is 23.0 Å². The van der Waals surface area contributed by atoms with Gasteiger partial charge in [-0.05, 0) is 30.8 Å². The fourth-order valence-electron chi connectivity index (χ4n) is 2.01. The van der Waals surface area contributed by atoms with E-state index in [1.54, 1.807) is 4.68 Å². The van der Waals surface area contributed by atoms with Crippen molar-refractivity contribution in [3.63, 3.8) is 0 Å². The molecule has 0 saturated carbocycles. The van der Waals surface area contributed by atoms with E-state index in [1.807, 2.05) is 30.3 Å². The molecule has 0 bridgehead atoms. The zero-order valence-electron chi connectivity index (χ0n) is 13.2. The first-order valence-corrected chi connectivity index (χ1v) is 9.97. The fourth-order valence-corrected chi connectivity index (χ4v) is 4.20. The Kier molecular flexibility index (Phi) is 7.78. The van der Waals surface area contributed by atoms with Gasteiger partial charge in [-0.2, -0.15) is 0 Å². The lowest BCUT2D eigenvalue weighted by molar-refractivity contribution is -0.118. The minimum absolute atomic E-state index is 0.0545. The Morgan fingerprint density at radius 3 is 2.83 bits per heavy atom. The van der Waals surface area contributed by atoms with E-state index in [-0.39, 0.29) is 5.91 Å². The fraction of sp³-hybridized carbons (Fsp3) is 0.438. The first-order valence-electron chi connectivity index (χ1n) is 7.76. The van der Waals surface area contributed by atoms with Gasteiger partial charge in [0, 0.05) is 6.54 Å². The summed E-state index contributed by atoms with van der Waals surface area (Å²) in [5, 5.41) is 7.44. The summed E-state index contributed by atoms with van der Waals surface area (Å²) >= 11 is 8.22. The van der Waals surface area contributed by atoms with E-state index in [9.17, 15) is 4.79 Å². The van der Waals surface area contributed by atoms with E-state index in [4.69, 9.17) is 12.2 Å². The predicted molar refractivity (Wildman–Crippen MR) is 100 cm³/mol. The number of thioether (sulfide) groups is 1. The molecule has 1 heterocycles. The zero-order valence-corrected chi connectivity index (χ0v) is 15.6. The molecule has 2 rings (SSSR count). The number of amides is 1. The summed E-state index contributed by atoms with van der Waals surface area (Å²) in [5.41, 5.74) is 0.945. The summed E-state index contributed by atoms with van der Waals surface area (Å²) in [7, 11) is 0. The van der Waals surface area contributed by atoms with Crippen LogP contribution >= 0.6 is 35.3 Å². The average molecular weight is 368 g/mol.